The second-order valence-corrected chi connectivity index (χ2v) is 4.23. The van der Waals surface area contributed by atoms with E-state index in [9.17, 15) is 0 Å². The van der Waals surface area contributed by atoms with E-state index >= 15 is 0 Å². The van der Waals surface area contributed by atoms with Crippen LogP contribution in [0.5, 0.6) is 0 Å². The van der Waals surface area contributed by atoms with Crippen LogP contribution in [-0.2, 0) is 0 Å². The lowest BCUT2D eigenvalue weighted by atomic mass is 9.94. The van der Waals surface area contributed by atoms with E-state index in [1.807, 2.05) is 6.07 Å². The fraction of sp³-hybridized carbons (Fsp3) is 0.286. The molecule has 80 valence electrons. The molecule has 0 saturated carbocycles. The van der Waals surface area contributed by atoms with Crippen molar-refractivity contribution in [3.05, 3.63) is 40.1 Å². The van der Waals surface area contributed by atoms with Crippen LogP contribution in [-0.4, -0.2) is 4.98 Å². The van der Waals surface area contributed by atoms with Crippen LogP contribution in [0.2, 0.25) is 0 Å². The number of benzene rings is 1. The van der Waals surface area contributed by atoms with Gasteiger partial charge < -0.3 is 0 Å². The van der Waals surface area contributed by atoms with Gasteiger partial charge in [0.05, 0.1) is 11.1 Å². The molecule has 1 aromatic carbocycles. The van der Waals surface area contributed by atoms with E-state index in [1.165, 1.54) is 22.3 Å². The minimum Gasteiger partial charge on any atom is -0.255 e. The highest BCUT2D eigenvalue weighted by Crippen LogP contribution is 2.27. The summed E-state index contributed by atoms with van der Waals surface area (Å²) in [5.41, 5.74) is 6.66. The molecule has 2 aromatic rings. The number of pyridine rings is 1. The Hall–Kier alpha value is -1.88. The van der Waals surface area contributed by atoms with Gasteiger partial charge in [-0.15, -0.1) is 0 Å². The number of rotatable bonds is 0. The summed E-state index contributed by atoms with van der Waals surface area (Å²) in [6, 6.07) is 4.07. The van der Waals surface area contributed by atoms with Crippen LogP contribution in [0, 0.1) is 39.0 Å². The topological polar surface area (TPSA) is 36.7 Å². The molecule has 0 aliphatic rings. The van der Waals surface area contributed by atoms with Crippen molar-refractivity contribution < 1.29 is 0 Å². The molecule has 0 aliphatic heterocycles. The molecule has 0 fully saturated rings. The predicted molar refractivity (Wildman–Crippen MR) is 65.4 cm³/mol. The molecule has 0 unspecified atom stereocenters. The van der Waals surface area contributed by atoms with E-state index in [1.54, 1.807) is 6.20 Å². The molecular formula is C14H14N2. The first-order chi connectivity index (χ1) is 7.56. The Morgan fingerprint density at radius 3 is 2.25 bits per heavy atom. The Balaban J connectivity index is 2.98. The number of nitriles is 1. The highest BCUT2D eigenvalue weighted by atomic mass is 14.7. The average molecular weight is 210 g/mol. The zero-order valence-corrected chi connectivity index (χ0v) is 10.0. The highest BCUT2D eigenvalue weighted by Gasteiger charge is 2.10. The van der Waals surface area contributed by atoms with Gasteiger partial charge in [-0.25, -0.2) is 0 Å². The molecule has 16 heavy (non-hydrogen) atoms. The minimum atomic E-state index is 0.623. The van der Waals surface area contributed by atoms with Crippen LogP contribution in [0.25, 0.3) is 10.9 Å². The van der Waals surface area contributed by atoms with Crippen molar-refractivity contribution in [1.29, 1.82) is 5.26 Å². The number of hydrogen-bond acceptors (Lipinski definition) is 2. The normalized spacial score (nSPS) is 10.4. The Morgan fingerprint density at radius 2 is 1.62 bits per heavy atom. The average Bonchev–Trinajstić information content (AvgIpc) is 2.33. The largest absolute Gasteiger partial charge is 0.255 e. The van der Waals surface area contributed by atoms with Crippen molar-refractivity contribution in [1.82, 2.24) is 4.98 Å². The molecule has 0 spiro atoms. The molecule has 1 heterocycles. The highest BCUT2D eigenvalue weighted by molar-refractivity contribution is 5.88. The summed E-state index contributed by atoms with van der Waals surface area (Å²) in [7, 11) is 0. The SMILES string of the molecule is Cc1c(C)c(C)c2ncc(C#N)cc2c1C. The third kappa shape index (κ3) is 1.37. The van der Waals surface area contributed by atoms with Gasteiger partial charge in [0.1, 0.15) is 6.07 Å². The Morgan fingerprint density at radius 1 is 1.00 bits per heavy atom. The van der Waals surface area contributed by atoms with Crippen LogP contribution >= 0.6 is 0 Å². The molecule has 0 N–H and O–H groups in total. The first-order valence-corrected chi connectivity index (χ1v) is 5.32. The number of aryl methyl sites for hydroxylation is 2. The van der Waals surface area contributed by atoms with Crippen molar-refractivity contribution >= 4 is 10.9 Å². The molecule has 0 bridgehead atoms. The first kappa shape index (κ1) is 10.6. The maximum Gasteiger partial charge on any atom is 0.101 e. The van der Waals surface area contributed by atoms with E-state index in [-0.39, 0.29) is 0 Å². The second-order valence-electron chi connectivity index (χ2n) is 4.23. The fourth-order valence-corrected chi connectivity index (χ4v) is 2.05. The lowest BCUT2D eigenvalue weighted by Crippen LogP contribution is -1.96. The van der Waals surface area contributed by atoms with E-state index in [4.69, 9.17) is 5.26 Å². The molecule has 2 rings (SSSR count). The summed E-state index contributed by atoms with van der Waals surface area (Å²) in [4.78, 5) is 4.39. The summed E-state index contributed by atoms with van der Waals surface area (Å²) < 4.78 is 0. The summed E-state index contributed by atoms with van der Waals surface area (Å²) in [6.07, 6.45) is 1.64. The van der Waals surface area contributed by atoms with Gasteiger partial charge in [-0.05, 0) is 56.0 Å². The predicted octanol–water partition coefficient (Wildman–Crippen LogP) is 3.34. The van der Waals surface area contributed by atoms with E-state index < -0.39 is 0 Å². The number of fused-ring (bicyclic) bond motifs is 1. The van der Waals surface area contributed by atoms with Crippen LogP contribution in [0.3, 0.4) is 0 Å². The van der Waals surface area contributed by atoms with Gasteiger partial charge in [0.15, 0.2) is 0 Å². The second kappa shape index (κ2) is 3.61. The van der Waals surface area contributed by atoms with E-state index in [0.29, 0.717) is 5.56 Å². The van der Waals surface area contributed by atoms with Crippen molar-refractivity contribution in [3.8, 4) is 6.07 Å². The Bertz CT molecular complexity index is 619. The van der Waals surface area contributed by atoms with Crippen LogP contribution in [0.4, 0.5) is 0 Å². The van der Waals surface area contributed by atoms with Gasteiger partial charge >= 0.3 is 0 Å². The fourth-order valence-electron chi connectivity index (χ4n) is 2.05. The molecule has 2 nitrogen and oxygen atoms in total. The van der Waals surface area contributed by atoms with E-state index in [2.05, 4.69) is 38.7 Å². The van der Waals surface area contributed by atoms with Crippen LogP contribution in [0.1, 0.15) is 27.8 Å². The van der Waals surface area contributed by atoms with Gasteiger partial charge in [0, 0.05) is 11.6 Å². The smallest absolute Gasteiger partial charge is 0.101 e. The van der Waals surface area contributed by atoms with Gasteiger partial charge in [-0.2, -0.15) is 5.26 Å². The standard InChI is InChI=1S/C14H14N2/c1-8-9(2)11(4)14-13(10(8)3)5-12(6-15)7-16-14/h5,7H,1-4H3. The third-order valence-corrected chi connectivity index (χ3v) is 3.46. The zero-order valence-electron chi connectivity index (χ0n) is 10.0. The van der Waals surface area contributed by atoms with Crippen molar-refractivity contribution in [3.63, 3.8) is 0 Å². The van der Waals surface area contributed by atoms with Crippen molar-refractivity contribution in [2.75, 3.05) is 0 Å². The Labute approximate surface area is 95.6 Å². The van der Waals surface area contributed by atoms with Crippen LogP contribution < -0.4 is 0 Å². The summed E-state index contributed by atoms with van der Waals surface area (Å²) >= 11 is 0. The third-order valence-electron chi connectivity index (χ3n) is 3.46. The lowest BCUT2D eigenvalue weighted by molar-refractivity contribution is 1.22. The van der Waals surface area contributed by atoms with Gasteiger partial charge in [0.25, 0.3) is 0 Å². The summed E-state index contributed by atoms with van der Waals surface area (Å²) in [5.74, 6) is 0. The summed E-state index contributed by atoms with van der Waals surface area (Å²) in [5, 5.41) is 9.99. The molecule has 1 aromatic heterocycles. The zero-order chi connectivity index (χ0) is 11.9. The molecule has 0 amide bonds. The molecule has 0 aliphatic carbocycles. The van der Waals surface area contributed by atoms with Gasteiger partial charge in [0.2, 0.25) is 0 Å². The quantitative estimate of drug-likeness (QED) is 0.668. The first-order valence-electron chi connectivity index (χ1n) is 5.32. The summed E-state index contributed by atoms with van der Waals surface area (Å²) in [6.45, 7) is 8.42. The monoisotopic (exact) mass is 210 g/mol. The minimum absolute atomic E-state index is 0.623. The van der Waals surface area contributed by atoms with Gasteiger partial charge in [-0.1, -0.05) is 0 Å². The number of nitrogens with zero attached hydrogens (tertiary/aromatic N) is 2. The molecule has 0 saturated heterocycles. The lowest BCUT2D eigenvalue weighted by Gasteiger charge is -2.12. The number of hydrogen-bond donors (Lipinski definition) is 0. The van der Waals surface area contributed by atoms with Crippen molar-refractivity contribution in [2.24, 2.45) is 0 Å². The van der Waals surface area contributed by atoms with Crippen molar-refractivity contribution in [2.45, 2.75) is 27.7 Å². The molecular weight excluding hydrogens is 196 g/mol. The maximum atomic E-state index is 8.89. The number of aromatic nitrogens is 1. The van der Waals surface area contributed by atoms with Gasteiger partial charge in [-0.3, -0.25) is 4.98 Å². The molecule has 0 radical (unpaired) electrons. The maximum absolute atomic E-state index is 8.89. The molecule has 2 heteroatoms. The molecule has 0 atom stereocenters. The van der Waals surface area contributed by atoms with Crippen LogP contribution in [0.15, 0.2) is 12.3 Å². The Kier molecular flexibility index (Phi) is 2.40. The van der Waals surface area contributed by atoms with E-state index in [0.717, 1.165) is 10.9 Å².